The number of hydrogen-bond donors (Lipinski definition) is 1. The summed E-state index contributed by atoms with van der Waals surface area (Å²) in [5, 5.41) is 14.3. The van der Waals surface area contributed by atoms with Crippen molar-refractivity contribution in [2.24, 2.45) is 0 Å². The van der Waals surface area contributed by atoms with Gasteiger partial charge in [0.2, 0.25) is 0 Å². The van der Waals surface area contributed by atoms with Crippen LogP contribution in [0.4, 0.5) is 0 Å². The molecule has 0 bridgehead atoms. The number of hydrogen-bond acceptors (Lipinski definition) is 4. The van der Waals surface area contributed by atoms with Crippen molar-refractivity contribution < 1.29 is 9.52 Å². The third-order valence-corrected chi connectivity index (χ3v) is 2.63. The van der Waals surface area contributed by atoms with Crippen LogP contribution in [0, 0.1) is 0 Å². The Kier molecular flexibility index (Phi) is 3.81. The van der Waals surface area contributed by atoms with Gasteiger partial charge in [0.25, 0.3) is 0 Å². The molecule has 1 N–H and O–H groups in total. The number of aliphatic hydroxyl groups excluding tert-OH is 1. The van der Waals surface area contributed by atoms with Crippen molar-refractivity contribution in [2.75, 3.05) is 0 Å². The van der Waals surface area contributed by atoms with Crippen LogP contribution in [0.3, 0.4) is 0 Å². The molecule has 0 aliphatic heterocycles. The molecule has 2 aromatic heterocycles. The molecule has 0 spiro atoms. The highest BCUT2D eigenvalue weighted by Crippen LogP contribution is 2.22. The Morgan fingerprint density at radius 1 is 1.53 bits per heavy atom. The topological polar surface area (TPSA) is 64.1 Å². The van der Waals surface area contributed by atoms with Crippen molar-refractivity contribution in [3.63, 3.8) is 0 Å². The summed E-state index contributed by atoms with van der Waals surface area (Å²) in [6.45, 7) is 2.86. The van der Waals surface area contributed by atoms with Gasteiger partial charge in [0, 0.05) is 13.0 Å². The first-order valence-corrected chi connectivity index (χ1v) is 5.88. The Morgan fingerprint density at radius 2 is 2.35 bits per heavy atom. The zero-order valence-electron chi connectivity index (χ0n) is 9.51. The monoisotopic (exact) mass is 255 g/mol. The standard InChI is InChI=1S/C11H14ClN3O2/c1-2-5-15-11(13-7-14-15)6-8(16)9-3-4-10(12)17-9/h3-4,7-8,16H,2,5-6H2,1H3. The van der Waals surface area contributed by atoms with Gasteiger partial charge < -0.3 is 9.52 Å². The first kappa shape index (κ1) is 12.1. The SMILES string of the molecule is CCCn1ncnc1CC(O)c1ccc(Cl)o1. The lowest BCUT2D eigenvalue weighted by atomic mass is 10.2. The number of rotatable bonds is 5. The van der Waals surface area contributed by atoms with E-state index in [1.807, 2.05) is 0 Å². The first-order valence-electron chi connectivity index (χ1n) is 5.50. The number of halogens is 1. The molecule has 0 fully saturated rings. The highest BCUT2D eigenvalue weighted by atomic mass is 35.5. The molecular formula is C11H14ClN3O2. The number of nitrogens with zero attached hydrogens (tertiary/aromatic N) is 3. The van der Waals surface area contributed by atoms with Gasteiger partial charge in [-0.1, -0.05) is 6.92 Å². The lowest BCUT2D eigenvalue weighted by Crippen LogP contribution is -2.10. The predicted octanol–water partition coefficient (Wildman–Crippen LogP) is 2.21. The number of aromatic nitrogens is 3. The lowest BCUT2D eigenvalue weighted by molar-refractivity contribution is 0.146. The summed E-state index contributed by atoms with van der Waals surface area (Å²) in [7, 11) is 0. The van der Waals surface area contributed by atoms with Crippen molar-refractivity contribution in [2.45, 2.75) is 32.4 Å². The summed E-state index contributed by atoms with van der Waals surface area (Å²) in [5.41, 5.74) is 0. The maximum atomic E-state index is 9.96. The number of aliphatic hydroxyl groups is 1. The van der Waals surface area contributed by atoms with Gasteiger partial charge in [0.15, 0.2) is 5.22 Å². The molecule has 2 rings (SSSR count). The van der Waals surface area contributed by atoms with Crippen LogP contribution in [-0.4, -0.2) is 19.9 Å². The number of furan rings is 1. The van der Waals surface area contributed by atoms with Crippen LogP contribution in [0.1, 0.15) is 31.0 Å². The second-order valence-electron chi connectivity index (χ2n) is 3.76. The van der Waals surface area contributed by atoms with Gasteiger partial charge in [0.05, 0.1) is 0 Å². The van der Waals surface area contributed by atoms with Gasteiger partial charge in [-0.05, 0) is 30.2 Å². The summed E-state index contributed by atoms with van der Waals surface area (Å²) in [5.74, 6) is 1.19. The first-order chi connectivity index (χ1) is 8.20. The maximum absolute atomic E-state index is 9.96. The quantitative estimate of drug-likeness (QED) is 0.890. The fraction of sp³-hybridized carbons (Fsp3) is 0.455. The molecule has 0 saturated heterocycles. The highest BCUT2D eigenvalue weighted by Gasteiger charge is 2.16. The molecule has 2 heterocycles. The van der Waals surface area contributed by atoms with Crippen LogP contribution in [0.2, 0.25) is 5.22 Å². The van der Waals surface area contributed by atoms with Crippen molar-refractivity contribution in [3.8, 4) is 0 Å². The second-order valence-corrected chi connectivity index (χ2v) is 4.13. The molecule has 2 aromatic rings. The Morgan fingerprint density at radius 3 is 3.00 bits per heavy atom. The van der Waals surface area contributed by atoms with Crippen LogP contribution in [-0.2, 0) is 13.0 Å². The van der Waals surface area contributed by atoms with E-state index in [4.69, 9.17) is 16.0 Å². The third-order valence-electron chi connectivity index (χ3n) is 2.43. The van der Waals surface area contributed by atoms with E-state index in [9.17, 15) is 5.11 Å². The minimum absolute atomic E-state index is 0.272. The van der Waals surface area contributed by atoms with E-state index >= 15 is 0 Å². The average Bonchev–Trinajstić information content (AvgIpc) is 2.89. The molecule has 1 unspecified atom stereocenters. The molecule has 0 aliphatic rings. The van der Waals surface area contributed by atoms with Gasteiger partial charge in [-0.15, -0.1) is 0 Å². The third kappa shape index (κ3) is 2.87. The predicted molar refractivity (Wildman–Crippen MR) is 62.7 cm³/mol. The van der Waals surface area contributed by atoms with E-state index in [0.717, 1.165) is 18.8 Å². The van der Waals surface area contributed by atoms with E-state index in [1.165, 1.54) is 6.33 Å². The molecule has 0 aliphatic carbocycles. The van der Waals surface area contributed by atoms with E-state index in [1.54, 1.807) is 16.8 Å². The van der Waals surface area contributed by atoms with Crippen LogP contribution < -0.4 is 0 Å². The van der Waals surface area contributed by atoms with Gasteiger partial charge >= 0.3 is 0 Å². The van der Waals surface area contributed by atoms with Gasteiger partial charge in [0.1, 0.15) is 24.0 Å². The molecule has 92 valence electrons. The van der Waals surface area contributed by atoms with E-state index in [0.29, 0.717) is 12.2 Å². The minimum Gasteiger partial charge on any atom is -0.447 e. The molecule has 0 aromatic carbocycles. The smallest absolute Gasteiger partial charge is 0.193 e. The zero-order chi connectivity index (χ0) is 12.3. The molecule has 17 heavy (non-hydrogen) atoms. The van der Waals surface area contributed by atoms with E-state index < -0.39 is 6.10 Å². The average molecular weight is 256 g/mol. The molecule has 5 nitrogen and oxygen atoms in total. The highest BCUT2D eigenvalue weighted by molar-refractivity contribution is 6.28. The molecule has 1 atom stereocenters. The Bertz CT molecular complexity index is 481. The van der Waals surface area contributed by atoms with Crippen LogP contribution >= 0.6 is 11.6 Å². The van der Waals surface area contributed by atoms with Crippen molar-refractivity contribution in [1.82, 2.24) is 14.8 Å². The normalized spacial score (nSPS) is 12.9. The number of aryl methyl sites for hydroxylation is 1. The molecule has 0 saturated carbocycles. The molecule has 0 amide bonds. The van der Waals surface area contributed by atoms with Crippen molar-refractivity contribution in [1.29, 1.82) is 0 Å². The fourth-order valence-corrected chi connectivity index (χ4v) is 1.78. The van der Waals surface area contributed by atoms with Crippen LogP contribution in [0.5, 0.6) is 0 Å². The van der Waals surface area contributed by atoms with E-state index in [-0.39, 0.29) is 5.22 Å². The van der Waals surface area contributed by atoms with Crippen molar-refractivity contribution >= 4 is 11.6 Å². The van der Waals surface area contributed by atoms with Gasteiger partial charge in [-0.3, -0.25) is 4.68 Å². The summed E-state index contributed by atoms with van der Waals surface area (Å²) >= 11 is 5.66. The van der Waals surface area contributed by atoms with Crippen molar-refractivity contribution in [3.05, 3.63) is 35.3 Å². The molecule has 0 radical (unpaired) electrons. The van der Waals surface area contributed by atoms with E-state index in [2.05, 4.69) is 17.0 Å². The Balaban J connectivity index is 2.07. The second kappa shape index (κ2) is 5.33. The lowest BCUT2D eigenvalue weighted by Gasteiger charge is -2.08. The molecule has 6 heteroatoms. The Hall–Kier alpha value is -1.33. The summed E-state index contributed by atoms with van der Waals surface area (Å²) in [6.07, 6.45) is 2.08. The van der Waals surface area contributed by atoms with Gasteiger partial charge in [-0.2, -0.15) is 5.10 Å². The van der Waals surface area contributed by atoms with Gasteiger partial charge in [-0.25, -0.2) is 4.98 Å². The molecular weight excluding hydrogens is 242 g/mol. The van der Waals surface area contributed by atoms with Crippen LogP contribution in [0.25, 0.3) is 0 Å². The zero-order valence-corrected chi connectivity index (χ0v) is 10.3. The summed E-state index contributed by atoms with van der Waals surface area (Å²) in [6, 6.07) is 3.27. The van der Waals surface area contributed by atoms with Crippen LogP contribution in [0.15, 0.2) is 22.9 Å². The minimum atomic E-state index is -0.748. The largest absolute Gasteiger partial charge is 0.447 e. The summed E-state index contributed by atoms with van der Waals surface area (Å²) < 4.78 is 6.94. The Labute approximate surface area is 104 Å². The summed E-state index contributed by atoms with van der Waals surface area (Å²) in [4.78, 5) is 4.12. The fourth-order valence-electron chi connectivity index (χ4n) is 1.63. The maximum Gasteiger partial charge on any atom is 0.193 e.